The van der Waals surface area contributed by atoms with Crippen LogP contribution >= 0.6 is 0 Å². The Morgan fingerprint density at radius 1 is 0.562 bits per heavy atom. The molecule has 21 heteroatoms. The molecule has 0 unspecified atom stereocenters. The topological polar surface area (TPSA) is 216 Å². The summed E-state index contributed by atoms with van der Waals surface area (Å²) in [7, 11) is 11.5. The maximum atomic E-state index is 13.6. The number of aliphatic hydroxyl groups is 1. The van der Waals surface area contributed by atoms with Crippen LogP contribution < -0.4 is 34.6 Å². The van der Waals surface area contributed by atoms with Crippen molar-refractivity contribution in [1.29, 1.82) is 10.5 Å². The first-order chi connectivity index (χ1) is 35.4. The lowest BCUT2D eigenvalue weighted by Gasteiger charge is -2.36. The zero-order chi connectivity index (χ0) is 51.4. The number of rotatable bonds is 12. The van der Waals surface area contributed by atoms with Gasteiger partial charge in [0.25, 0.3) is 0 Å². The fraction of sp³-hybridized carbons (Fsp3) is 0.385. The van der Waals surface area contributed by atoms with E-state index >= 15 is 0 Å². The van der Waals surface area contributed by atoms with Crippen LogP contribution in [0.15, 0.2) is 85.5 Å². The van der Waals surface area contributed by atoms with E-state index in [0.29, 0.717) is 63.3 Å². The van der Waals surface area contributed by atoms with Gasteiger partial charge in [-0.2, -0.15) is 20.5 Å². The van der Waals surface area contributed by atoms with Gasteiger partial charge in [-0.05, 0) is 88.9 Å². The van der Waals surface area contributed by atoms with Gasteiger partial charge in [-0.15, -0.1) is 0 Å². The summed E-state index contributed by atoms with van der Waals surface area (Å²) in [6, 6.07) is 25.3. The van der Waals surface area contributed by atoms with E-state index in [9.17, 15) is 9.65 Å². The summed E-state index contributed by atoms with van der Waals surface area (Å²) in [5.74, 6) is 3.48. The summed E-state index contributed by atoms with van der Waals surface area (Å²) in [4.78, 5) is 39.9. The highest BCUT2D eigenvalue weighted by atomic mass is 19.1. The number of hydrogen-bond acceptors (Lipinski definition) is 20. The molecule has 0 amide bonds. The summed E-state index contributed by atoms with van der Waals surface area (Å²) in [6.45, 7) is 11.1. The first-order valence-electron chi connectivity index (χ1n) is 24.0. The van der Waals surface area contributed by atoms with Crippen molar-refractivity contribution >= 4 is 34.6 Å². The highest BCUT2D eigenvalue weighted by Gasteiger charge is 2.26. The summed E-state index contributed by atoms with van der Waals surface area (Å²) in [5.41, 5.74) is 5.09. The van der Waals surface area contributed by atoms with Crippen molar-refractivity contribution in [3.63, 3.8) is 0 Å². The maximum absolute atomic E-state index is 13.6. The predicted molar refractivity (Wildman–Crippen MR) is 277 cm³/mol. The van der Waals surface area contributed by atoms with Gasteiger partial charge < -0.3 is 54.5 Å². The molecule has 0 radical (unpaired) electrons. The van der Waals surface area contributed by atoms with Crippen LogP contribution in [0, 0.1) is 28.5 Å². The molecule has 380 valence electrons. The van der Waals surface area contributed by atoms with Crippen LogP contribution in [0.3, 0.4) is 0 Å². The number of nitrogens with one attached hydrogen (secondary N) is 2. The number of aliphatic hydroxyl groups excluding tert-OH is 1. The minimum absolute atomic E-state index is 0.0310. The molecule has 0 spiro atoms. The zero-order valence-corrected chi connectivity index (χ0v) is 42.0. The van der Waals surface area contributed by atoms with Crippen LogP contribution in [0.2, 0.25) is 0 Å². The van der Waals surface area contributed by atoms with Crippen LogP contribution in [0.25, 0.3) is 22.5 Å². The lowest BCUT2D eigenvalue weighted by molar-refractivity contribution is 0.0196. The number of hydrogen-bond donors (Lipinski definition) is 3. The molecule has 2 aromatic carbocycles. The summed E-state index contributed by atoms with van der Waals surface area (Å²) in [5, 5.41) is 33.7. The molecule has 4 fully saturated rings. The number of anilines is 6. The average molecular weight is 993 g/mol. The van der Waals surface area contributed by atoms with Crippen molar-refractivity contribution in [1.82, 2.24) is 49.5 Å². The molecule has 4 saturated heterocycles. The van der Waals surface area contributed by atoms with Crippen molar-refractivity contribution in [2.75, 3.05) is 141 Å². The van der Waals surface area contributed by atoms with Crippen molar-refractivity contribution in [3.05, 3.63) is 102 Å². The number of pyridine rings is 2. The van der Waals surface area contributed by atoms with Gasteiger partial charge in [0.15, 0.2) is 0 Å². The number of methoxy groups -OCH3 is 2. The van der Waals surface area contributed by atoms with Crippen LogP contribution in [0.1, 0.15) is 11.1 Å². The molecule has 0 aliphatic carbocycles. The second-order valence-electron chi connectivity index (χ2n) is 18.3. The fourth-order valence-corrected chi connectivity index (χ4v) is 8.52. The smallest absolute Gasteiger partial charge is 0.239 e. The number of β-amino-alcohol motifs (C(OH)–C–C–N with tert-alkyl or cyclic N) is 1. The number of piperazine rings is 2. The van der Waals surface area contributed by atoms with Crippen LogP contribution in [0.4, 0.5) is 39.0 Å². The largest absolute Gasteiger partial charge is 0.486 e. The third kappa shape index (κ3) is 13.4. The first kappa shape index (κ1) is 51.6. The minimum Gasteiger partial charge on any atom is -0.486 e. The minimum atomic E-state index is -0.560. The molecule has 6 aromatic rings. The number of nitrogens with zero attached hydrogens (tertiary/aromatic N) is 14. The molecule has 0 atom stereocenters. The Balaban J connectivity index is 0.000000176. The molecule has 3 N–H and O–H groups in total. The van der Waals surface area contributed by atoms with E-state index in [1.165, 1.54) is 24.8 Å². The second kappa shape index (κ2) is 24.1. The van der Waals surface area contributed by atoms with Gasteiger partial charge in [0.1, 0.15) is 77.1 Å². The Labute approximate surface area is 425 Å². The quantitative estimate of drug-likeness (QED) is 0.148. The van der Waals surface area contributed by atoms with Crippen LogP contribution in [-0.4, -0.2) is 188 Å². The Bertz CT molecular complexity index is 2900. The number of likely N-dealkylation sites (tertiary alicyclic amines) is 2. The van der Waals surface area contributed by atoms with E-state index in [1.807, 2.05) is 62.6 Å². The Morgan fingerprint density at radius 2 is 1.03 bits per heavy atom. The molecule has 10 rings (SSSR count). The van der Waals surface area contributed by atoms with Crippen molar-refractivity contribution in [2.45, 2.75) is 12.2 Å². The highest BCUT2D eigenvalue weighted by Crippen LogP contribution is 2.33. The molecule has 4 aliphatic heterocycles. The monoisotopic (exact) mass is 993 g/mol. The number of likely N-dealkylation sites (N-methyl/N-ethyl adjacent to an activating group) is 4. The van der Waals surface area contributed by atoms with Gasteiger partial charge in [0, 0.05) is 102 Å². The number of benzene rings is 2. The Hall–Kier alpha value is -7.79. The Kier molecular flexibility index (Phi) is 17.0. The molecular weight excluding hydrogens is 932 g/mol. The van der Waals surface area contributed by atoms with E-state index in [1.54, 1.807) is 32.4 Å². The second-order valence-corrected chi connectivity index (χ2v) is 18.3. The van der Waals surface area contributed by atoms with Gasteiger partial charge in [-0.25, -0.2) is 24.3 Å². The third-order valence-corrected chi connectivity index (χ3v) is 12.7. The SMILES string of the molecule is CN1CC(O)C1.COc1nc(Nc2cc(-c3ccc(F)c(C#N)c3)ncn2)ccc1N1CCN(C)CC1.COc1nc(Nc2cc(-c3ccc(OC4CN(C)C4)c(C#N)c3)ncn2)ccc1N1CCN(C)CC1. The predicted octanol–water partition coefficient (Wildman–Crippen LogP) is 4.95. The molecular formula is C52H61FN16O4. The van der Waals surface area contributed by atoms with Crippen LogP contribution in [-0.2, 0) is 0 Å². The van der Waals surface area contributed by atoms with E-state index in [-0.39, 0.29) is 17.8 Å². The maximum Gasteiger partial charge on any atom is 0.239 e. The standard InChI is InChI=1S/C26H30N8O2.C22H22FN7O.C4H9NO/c1-32-8-10-34(11-9-32)22-5-7-24(31-26(22)35-3)30-25-13-21(28-17-29-25)18-4-6-23(19(12-18)14-27)36-20-15-33(2)16-20;1-29-7-9-30(10-8-29)19-5-6-20(28-22(19)31-2)27-21-12-18(25-14-26-21)15-3-4-17(23)16(11-15)13-24;1-5-2-4(6)3-5/h4-7,12-13,17,20H,8-11,15-16H2,1-3H3,(H,28,29,30,31);3-6,11-12,14H,7-10H2,1-2H3,(H,25,26,27,28);4,6H,2-3H2,1H3. The van der Waals surface area contributed by atoms with E-state index in [0.717, 1.165) is 95.5 Å². The number of nitriles is 2. The molecule has 73 heavy (non-hydrogen) atoms. The molecule has 0 bridgehead atoms. The summed E-state index contributed by atoms with van der Waals surface area (Å²) < 4.78 is 30.7. The number of halogens is 1. The molecule has 20 nitrogen and oxygen atoms in total. The van der Waals surface area contributed by atoms with Crippen molar-refractivity contribution < 1.29 is 23.7 Å². The van der Waals surface area contributed by atoms with Gasteiger partial charge >= 0.3 is 0 Å². The number of aromatic nitrogens is 6. The number of ether oxygens (including phenoxy) is 3. The molecule has 0 saturated carbocycles. The first-order valence-corrected chi connectivity index (χ1v) is 24.0. The Morgan fingerprint density at radius 3 is 1.45 bits per heavy atom. The van der Waals surface area contributed by atoms with E-state index < -0.39 is 5.82 Å². The highest BCUT2D eigenvalue weighted by molar-refractivity contribution is 5.70. The lowest BCUT2D eigenvalue weighted by Crippen LogP contribution is -2.51. The molecule has 4 aliphatic rings. The summed E-state index contributed by atoms with van der Waals surface area (Å²) >= 11 is 0. The van der Waals surface area contributed by atoms with Crippen LogP contribution in [0.5, 0.6) is 17.5 Å². The van der Waals surface area contributed by atoms with E-state index in [4.69, 9.17) is 24.6 Å². The fourth-order valence-electron chi connectivity index (χ4n) is 8.52. The van der Waals surface area contributed by atoms with Crippen molar-refractivity contribution in [2.24, 2.45) is 0 Å². The van der Waals surface area contributed by atoms with Crippen molar-refractivity contribution in [3.8, 4) is 52.2 Å². The zero-order valence-electron chi connectivity index (χ0n) is 42.0. The molecule has 8 heterocycles. The van der Waals surface area contributed by atoms with Gasteiger partial charge in [0.05, 0.1) is 42.8 Å². The van der Waals surface area contributed by atoms with E-state index in [2.05, 4.69) is 90.1 Å². The average Bonchev–Trinajstić information content (AvgIpc) is 3.39. The van der Waals surface area contributed by atoms with Gasteiger partial charge in [-0.3, -0.25) is 4.90 Å². The lowest BCUT2D eigenvalue weighted by atomic mass is 10.1. The third-order valence-electron chi connectivity index (χ3n) is 12.7. The van der Waals surface area contributed by atoms with Gasteiger partial charge in [-0.1, -0.05) is 0 Å². The van der Waals surface area contributed by atoms with Gasteiger partial charge in [0.2, 0.25) is 11.8 Å². The summed E-state index contributed by atoms with van der Waals surface area (Å²) in [6.07, 6.45) is 2.99. The molecule has 4 aromatic heterocycles. The normalized spacial score (nSPS) is 16.5.